The Morgan fingerprint density at radius 2 is 1.62 bits per heavy atom. The van der Waals surface area contributed by atoms with Gasteiger partial charge < -0.3 is 24.5 Å². The standard InChI is InChI=1S/C28H20Cl2F5N3O4/c29-25-26(30)38(12-36-25)10-17-9-18(14-6-4-13(11-39)5-7-14)42-28(41-17)15-2-1-3-16(8-15)37-27(40)19-20(31)22(33)24(35)23(34)21(19)32/h1-8,12,17-18,28,39H,9-11H2,(H,37,40)/t17-,18+,28+/m0/s1. The van der Waals surface area contributed by atoms with Crippen LogP contribution in [-0.4, -0.2) is 26.7 Å². The van der Waals surface area contributed by atoms with Crippen LogP contribution in [0.4, 0.5) is 27.6 Å². The smallest absolute Gasteiger partial charge is 0.261 e. The number of hydrogen-bond acceptors (Lipinski definition) is 5. The highest BCUT2D eigenvalue weighted by molar-refractivity contribution is 6.40. The van der Waals surface area contributed by atoms with Gasteiger partial charge in [0.15, 0.2) is 34.7 Å². The van der Waals surface area contributed by atoms with Crippen LogP contribution in [0.3, 0.4) is 0 Å². The first-order valence-corrected chi connectivity index (χ1v) is 13.1. The molecule has 0 aliphatic carbocycles. The van der Waals surface area contributed by atoms with Gasteiger partial charge in [-0.1, -0.05) is 59.6 Å². The number of aliphatic hydroxyl groups is 1. The molecule has 1 aromatic heterocycles. The Balaban J connectivity index is 1.42. The van der Waals surface area contributed by atoms with Gasteiger partial charge in [-0.25, -0.2) is 26.9 Å². The maximum Gasteiger partial charge on any atom is 0.261 e. The van der Waals surface area contributed by atoms with E-state index in [4.69, 9.17) is 32.7 Å². The molecular formula is C28H20Cl2F5N3O4. The van der Waals surface area contributed by atoms with Gasteiger partial charge in [0.25, 0.3) is 5.91 Å². The van der Waals surface area contributed by atoms with E-state index >= 15 is 0 Å². The fraction of sp³-hybridized carbons (Fsp3) is 0.214. The Morgan fingerprint density at radius 3 is 2.24 bits per heavy atom. The number of carbonyl (C=O) groups excluding carboxylic acids is 1. The number of anilines is 1. The number of aromatic nitrogens is 2. The monoisotopic (exact) mass is 627 g/mol. The van der Waals surface area contributed by atoms with Gasteiger partial charge in [-0.3, -0.25) is 4.79 Å². The second-order valence-corrected chi connectivity index (χ2v) is 10.1. The van der Waals surface area contributed by atoms with E-state index in [9.17, 15) is 31.9 Å². The number of hydrogen-bond donors (Lipinski definition) is 2. The third kappa shape index (κ3) is 5.99. The quantitative estimate of drug-likeness (QED) is 0.133. The second-order valence-electron chi connectivity index (χ2n) is 9.35. The summed E-state index contributed by atoms with van der Waals surface area (Å²) < 4.78 is 83.0. The summed E-state index contributed by atoms with van der Waals surface area (Å²) in [6.45, 7) is 0.115. The van der Waals surface area contributed by atoms with Crippen molar-refractivity contribution in [3.8, 4) is 0 Å². The number of ether oxygens (including phenoxy) is 2. The van der Waals surface area contributed by atoms with Gasteiger partial charge in [-0.05, 0) is 23.3 Å². The summed E-state index contributed by atoms with van der Waals surface area (Å²) in [6.07, 6.45) is -0.154. The minimum atomic E-state index is -2.37. The predicted octanol–water partition coefficient (Wildman–Crippen LogP) is 6.88. The van der Waals surface area contributed by atoms with Gasteiger partial charge in [0.05, 0.1) is 31.7 Å². The molecule has 42 heavy (non-hydrogen) atoms. The number of nitrogens with zero attached hydrogens (tertiary/aromatic N) is 2. The predicted molar refractivity (Wildman–Crippen MR) is 141 cm³/mol. The largest absolute Gasteiger partial charge is 0.392 e. The van der Waals surface area contributed by atoms with Crippen LogP contribution in [0.25, 0.3) is 0 Å². The maximum absolute atomic E-state index is 14.2. The molecule has 2 heterocycles. The highest BCUT2D eigenvalue weighted by Gasteiger charge is 2.34. The van der Waals surface area contributed by atoms with Crippen molar-refractivity contribution in [3.05, 3.63) is 117 Å². The van der Waals surface area contributed by atoms with Crippen LogP contribution in [0.1, 0.15) is 45.9 Å². The van der Waals surface area contributed by atoms with E-state index in [2.05, 4.69) is 10.3 Å². The summed E-state index contributed by atoms with van der Waals surface area (Å²) in [5.41, 5.74) is 0.224. The van der Waals surface area contributed by atoms with Crippen molar-refractivity contribution in [3.63, 3.8) is 0 Å². The number of aliphatic hydroxyl groups excluding tert-OH is 1. The van der Waals surface area contributed by atoms with Crippen LogP contribution >= 0.6 is 23.2 Å². The molecule has 220 valence electrons. The Labute approximate surface area is 245 Å². The zero-order valence-corrected chi connectivity index (χ0v) is 22.8. The first kappa shape index (κ1) is 29.9. The molecule has 1 aliphatic heterocycles. The lowest BCUT2D eigenvalue weighted by atomic mass is 10.00. The molecule has 0 bridgehead atoms. The topological polar surface area (TPSA) is 85.6 Å². The molecule has 2 N–H and O–H groups in total. The fourth-order valence-corrected chi connectivity index (χ4v) is 4.80. The van der Waals surface area contributed by atoms with Gasteiger partial charge in [-0.2, -0.15) is 0 Å². The zero-order valence-electron chi connectivity index (χ0n) is 21.3. The number of amides is 1. The zero-order chi connectivity index (χ0) is 30.1. The average Bonchev–Trinajstić information content (AvgIpc) is 3.31. The summed E-state index contributed by atoms with van der Waals surface area (Å²) >= 11 is 12.2. The van der Waals surface area contributed by atoms with Crippen LogP contribution < -0.4 is 5.32 Å². The molecule has 0 unspecified atom stereocenters. The molecule has 7 nitrogen and oxygen atoms in total. The van der Waals surface area contributed by atoms with Crippen LogP contribution in [0.5, 0.6) is 0 Å². The van der Waals surface area contributed by atoms with E-state index in [1.807, 2.05) is 0 Å². The highest BCUT2D eigenvalue weighted by atomic mass is 35.5. The first-order valence-electron chi connectivity index (χ1n) is 12.4. The van der Waals surface area contributed by atoms with Crippen molar-refractivity contribution < 1.29 is 41.3 Å². The van der Waals surface area contributed by atoms with E-state index in [1.165, 1.54) is 24.5 Å². The number of benzene rings is 3. The molecule has 1 saturated heterocycles. The average molecular weight is 628 g/mol. The van der Waals surface area contributed by atoms with Crippen LogP contribution in [0.2, 0.25) is 10.3 Å². The van der Waals surface area contributed by atoms with Gasteiger partial charge in [-0.15, -0.1) is 0 Å². The van der Waals surface area contributed by atoms with E-state index in [0.717, 1.165) is 5.56 Å². The maximum atomic E-state index is 14.2. The molecule has 3 aromatic carbocycles. The number of nitrogens with one attached hydrogen (secondary N) is 1. The number of imidazole rings is 1. The van der Waals surface area contributed by atoms with Gasteiger partial charge in [0.2, 0.25) is 5.82 Å². The normalized spacial score (nSPS) is 18.7. The van der Waals surface area contributed by atoms with Gasteiger partial charge in [0, 0.05) is 17.7 Å². The lowest BCUT2D eigenvalue weighted by Crippen LogP contribution is -2.32. The van der Waals surface area contributed by atoms with Crippen LogP contribution in [-0.2, 0) is 22.6 Å². The van der Waals surface area contributed by atoms with Crippen molar-refractivity contribution in [1.29, 1.82) is 0 Å². The number of rotatable bonds is 7. The van der Waals surface area contributed by atoms with Crippen molar-refractivity contribution in [1.82, 2.24) is 9.55 Å². The van der Waals surface area contributed by atoms with Crippen LogP contribution in [0, 0.1) is 29.1 Å². The Hall–Kier alpha value is -3.55. The van der Waals surface area contributed by atoms with E-state index in [-0.39, 0.29) is 29.1 Å². The first-order chi connectivity index (χ1) is 20.1. The Morgan fingerprint density at radius 1 is 0.952 bits per heavy atom. The SMILES string of the molecule is O=C(Nc1cccc([C@@H]2O[C@H](Cn3cnc(Cl)c3Cl)C[C@H](c3ccc(CO)cc3)O2)c1)c1c(F)c(F)c(F)c(F)c1F. The minimum Gasteiger partial charge on any atom is -0.392 e. The third-order valence-corrected chi connectivity index (χ3v) is 7.37. The fourth-order valence-electron chi connectivity index (χ4n) is 4.48. The van der Waals surface area contributed by atoms with Crippen molar-refractivity contribution in [2.24, 2.45) is 0 Å². The van der Waals surface area contributed by atoms with Crippen LogP contribution in [0.15, 0.2) is 54.9 Å². The van der Waals surface area contributed by atoms with Crippen molar-refractivity contribution in [2.75, 3.05) is 5.32 Å². The molecule has 4 aromatic rings. The highest BCUT2D eigenvalue weighted by Crippen LogP contribution is 2.39. The number of halogens is 7. The lowest BCUT2D eigenvalue weighted by molar-refractivity contribution is -0.252. The summed E-state index contributed by atoms with van der Waals surface area (Å²) in [4.78, 5) is 16.6. The molecule has 0 radical (unpaired) electrons. The summed E-state index contributed by atoms with van der Waals surface area (Å²) in [6, 6.07) is 12.9. The molecule has 3 atom stereocenters. The van der Waals surface area contributed by atoms with Gasteiger partial charge in [0.1, 0.15) is 10.7 Å². The second kappa shape index (κ2) is 12.4. The Bertz CT molecular complexity index is 1610. The molecule has 0 spiro atoms. The van der Waals surface area contributed by atoms with E-state index in [1.54, 1.807) is 34.9 Å². The molecule has 0 saturated carbocycles. The molecule has 5 rings (SSSR count). The number of carbonyl (C=O) groups is 1. The van der Waals surface area contributed by atoms with Crippen molar-refractivity contribution >= 4 is 34.8 Å². The minimum absolute atomic E-state index is 0.0240. The molecular weight excluding hydrogens is 608 g/mol. The molecule has 1 aliphatic rings. The van der Waals surface area contributed by atoms with Crippen molar-refractivity contribution in [2.45, 2.75) is 38.1 Å². The lowest BCUT2D eigenvalue weighted by Gasteiger charge is -2.36. The van der Waals surface area contributed by atoms with Gasteiger partial charge >= 0.3 is 0 Å². The molecule has 1 fully saturated rings. The van der Waals surface area contributed by atoms with E-state index < -0.39 is 59.1 Å². The summed E-state index contributed by atoms with van der Waals surface area (Å²) in [5.74, 6) is -12.9. The Kier molecular flexibility index (Phi) is 8.81. The molecule has 1 amide bonds. The van der Waals surface area contributed by atoms with E-state index in [0.29, 0.717) is 17.5 Å². The third-order valence-electron chi connectivity index (χ3n) is 6.60. The summed E-state index contributed by atoms with van der Waals surface area (Å²) in [5, 5.41) is 11.9. The summed E-state index contributed by atoms with van der Waals surface area (Å²) in [7, 11) is 0. The molecule has 14 heteroatoms.